The Labute approximate surface area is 95.8 Å². The van der Waals surface area contributed by atoms with Crippen LogP contribution in [-0.4, -0.2) is 12.6 Å². The summed E-state index contributed by atoms with van der Waals surface area (Å²) in [7, 11) is 0. The predicted molar refractivity (Wildman–Crippen MR) is 62.3 cm³/mol. The normalized spacial score (nSPS) is 18.2. The van der Waals surface area contributed by atoms with E-state index >= 15 is 0 Å². The molecular formula is C13H17NO2. The molecule has 86 valence electrons. The number of benzene rings is 1. The number of ether oxygens (including phenoxy) is 1. The first-order valence-electron chi connectivity index (χ1n) is 5.79. The first kappa shape index (κ1) is 11.1. The van der Waals surface area contributed by atoms with Gasteiger partial charge in [0.15, 0.2) is 0 Å². The lowest BCUT2D eigenvalue weighted by Gasteiger charge is -2.08. The SMILES string of the molecule is CCOC(=O)c1ccc2c(c1)CNC2CC. The first-order chi connectivity index (χ1) is 7.76. The largest absolute Gasteiger partial charge is 0.462 e. The zero-order chi connectivity index (χ0) is 11.5. The van der Waals surface area contributed by atoms with Crippen LogP contribution in [0.2, 0.25) is 0 Å². The topological polar surface area (TPSA) is 38.3 Å². The van der Waals surface area contributed by atoms with Crippen LogP contribution >= 0.6 is 0 Å². The molecule has 0 fully saturated rings. The van der Waals surface area contributed by atoms with Gasteiger partial charge in [0.1, 0.15) is 0 Å². The third-order valence-corrected chi connectivity index (χ3v) is 2.98. The van der Waals surface area contributed by atoms with E-state index in [1.807, 2.05) is 25.1 Å². The summed E-state index contributed by atoms with van der Waals surface area (Å²) in [4.78, 5) is 11.6. The van der Waals surface area contributed by atoms with Gasteiger partial charge >= 0.3 is 5.97 Å². The van der Waals surface area contributed by atoms with E-state index < -0.39 is 0 Å². The predicted octanol–water partition coefficient (Wildman–Crippen LogP) is 2.42. The van der Waals surface area contributed by atoms with Gasteiger partial charge in [0.2, 0.25) is 0 Å². The molecule has 1 aliphatic rings. The van der Waals surface area contributed by atoms with Crippen LogP contribution in [0, 0.1) is 0 Å². The Morgan fingerprint density at radius 2 is 2.31 bits per heavy atom. The van der Waals surface area contributed by atoms with Crippen molar-refractivity contribution in [2.45, 2.75) is 32.9 Å². The van der Waals surface area contributed by atoms with Crippen LogP contribution < -0.4 is 5.32 Å². The van der Waals surface area contributed by atoms with E-state index in [4.69, 9.17) is 4.74 Å². The fourth-order valence-electron chi connectivity index (χ4n) is 2.15. The molecule has 1 aromatic rings. The van der Waals surface area contributed by atoms with Crippen molar-refractivity contribution in [1.29, 1.82) is 0 Å². The lowest BCUT2D eigenvalue weighted by atomic mass is 10.0. The smallest absolute Gasteiger partial charge is 0.338 e. The minimum absolute atomic E-state index is 0.231. The summed E-state index contributed by atoms with van der Waals surface area (Å²) in [6.45, 7) is 5.25. The van der Waals surface area contributed by atoms with Crippen molar-refractivity contribution >= 4 is 5.97 Å². The number of esters is 1. The second-order valence-corrected chi connectivity index (χ2v) is 3.98. The highest BCUT2D eigenvalue weighted by Gasteiger charge is 2.21. The summed E-state index contributed by atoms with van der Waals surface area (Å²) < 4.78 is 4.98. The third kappa shape index (κ3) is 1.95. The average molecular weight is 219 g/mol. The van der Waals surface area contributed by atoms with Crippen molar-refractivity contribution in [2.24, 2.45) is 0 Å². The van der Waals surface area contributed by atoms with E-state index in [1.165, 1.54) is 11.1 Å². The Bertz CT molecular complexity index is 401. The highest BCUT2D eigenvalue weighted by molar-refractivity contribution is 5.89. The average Bonchev–Trinajstić information content (AvgIpc) is 2.71. The highest BCUT2D eigenvalue weighted by atomic mass is 16.5. The van der Waals surface area contributed by atoms with Crippen LogP contribution in [0.3, 0.4) is 0 Å². The Morgan fingerprint density at radius 1 is 1.50 bits per heavy atom. The van der Waals surface area contributed by atoms with Crippen molar-refractivity contribution in [3.05, 3.63) is 34.9 Å². The fraction of sp³-hybridized carbons (Fsp3) is 0.462. The van der Waals surface area contributed by atoms with Gasteiger partial charge in [0.25, 0.3) is 0 Å². The number of carbonyl (C=O) groups is 1. The molecule has 2 rings (SSSR count). The Hall–Kier alpha value is -1.35. The third-order valence-electron chi connectivity index (χ3n) is 2.98. The number of hydrogen-bond donors (Lipinski definition) is 1. The number of carbonyl (C=O) groups excluding carboxylic acids is 1. The summed E-state index contributed by atoms with van der Waals surface area (Å²) in [6.07, 6.45) is 1.08. The monoisotopic (exact) mass is 219 g/mol. The van der Waals surface area contributed by atoms with E-state index in [0.717, 1.165) is 13.0 Å². The summed E-state index contributed by atoms with van der Waals surface area (Å²) in [6, 6.07) is 6.27. The maximum absolute atomic E-state index is 11.6. The van der Waals surface area contributed by atoms with Gasteiger partial charge < -0.3 is 10.1 Å². The summed E-state index contributed by atoms with van der Waals surface area (Å²) >= 11 is 0. The molecule has 1 atom stereocenters. The molecule has 0 radical (unpaired) electrons. The zero-order valence-corrected chi connectivity index (χ0v) is 9.75. The molecule has 3 nitrogen and oxygen atoms in total. The molecule has 1 heterocycles. The van der Waals surface area contributed by atoms with Gasteiger partial charge in [-0.15, -0.1) is 0 Å². The van der Waals surface area contributed by atoms with E-state index in [0.29, 0.717) is 18.2 Å². The number of fused-ring (bicyclic) bond motifs is 1. The quantitative estimate of drug-likeness (QED) is 0.793. The molecule has 1 aromatic carbocycles. The molecule has 0 spiro atoms. The van der Waals surface area contributed by atoms with Gasteiger partial charge in [0, 0.05) is 12.6 Å². The van der Waals surface area contributed by atoms with E-state index in [9.17, 15) is 4.79 Å². The molecule has 0 saturated heterocycles. The van der Waals surface area contributed by atoms with Gasteiger partial charge in [-0.05, 0) is 36.6 Å². The number of hydrogen-bond acceptors (Lipinski definition) is 3. The molecule has 3 heteroatoms. The van der Waals surface area contributed by atoms with Crippen molar-refractivity contribution < 1.29 is 9.53 Å². The summed E-state index contributed by atoms with van der Waals surface area (Å²) in [5, 5.41) is 3.42. The first-order valence-corrected chi connectivity index (χ1v) is 5.79. The minimum atomic E-state index is -0.231. The number of nitrogens with one attached hydrogen (secondary N) is 1. The van der Waals surface area contributed by atoms with Gasteiger partial charge in [-0.2, -0.15) is 0 Å². The highest BCUT2D eigenvalue weighted by Crippen LogP contribution is 2.28. The standard InChI is InChI=1S/C13H17NO2/c1-3-12-11-6-5-9(13(15)16-4-2)7-10(11)8-14-12/h5-7,12,14H,3-4,8H2,1-2H3. The summed E-state index contributed by atoms with van der Waals surface area (Å²) in [5.74, 6) is -0.231. The molecule has 1 aliphatic heterocycles. The Kier molecular flexibility index (Phi) is 3.25. The van der Waals surface area contributed by atoms with Crippen LogP contribution in [0.25, 0.3) is 0 Å². The molecule has 0 aromatic heterocycles. The van der Waals surface area contributed by atoms with Gasteiger partial charge in [0.05, 0.1) is 12.2 Å². The van der Waals surface area contributed by atoms with Crippen molar-refractivity contribution in [3.8, 4) is 0 Å². The zero-order valence-electron chi connectivity index (χ0n) is 9.75. The second-order valence-electron chi connectivity index (χ2n) is 3.98. The van der Waals surface area contributed by atoms with Crippen LogP contribution in [0.1, 0.15) is 47.8 Å². The van der Waals surface area contributed by atoms with Crippen molar-refractivity contribution in [3.63, 3.8) is 0 Å². The molecular weight excluding hydrogens is 202 g/mol. The van der Waals surface area contributed by atoms with Gasteiger partial charge in [-0.1, -0.05) is 13.0 Å². The lowest BCUT2D eigenvalue weighted by molar-refractivity contribution is 0.0526. The molecule has 0 amide bonds. The van der Waals surface area contributed by atoms with Crippen molar-refractivity contribution in [1.82, 2.24) is 5.32 Å². The Balaban J connectivity index is 2.24. The lowest BCUT2D eigenvalue weighted by Crippen LogP contribution is -2.10. The second kappa shape index (κ2) is 4.66. The Morgan fingerprint density at radius 3 is 3.00 bits per heavy atom. The maximum Gasteiger partial charge on any atom is 0.338 e. The molecule has 16 heavy (non-hydrogen) atoms. The van der Waals surface area contributed by atoms with Crippen LogP contribution in [0.4, 0.5) is 0 Å². The van der Waals surface area contributed by atoms with Gasteiger partial charge in [-0.3, -0.25) is 0 Å². The molecule has 1 unspecified atom stereocenters. The van der Waals surface area contributed by atoms with Crippen molar-refractivity contribution in [2.75, 3.05) is 6.61 Å². The van der Waals surface area contributed by atoms with E-state index in [2.05, 4.69) is 12.2 Å². The van der Waals surface area contributed by atoms with Crippen LogP contribution in [0.5, 0.6) is 0 Å². The molecule has 1 N–H and O–H groups in total. The minimum Gasteiger partial charge on any atom is -0.462 e. The van der Waals surface area contributed by atoms with Crippen LogP contribution in [0.15, 0.2) is 18.2 Å². The van der Waals surface area contributed by atoms with Gasteiger partial charge in [-0.25, -0.2) is 4.79 Å². The van der Waals surface area contributed by atoms with E-state index in [-0.39, 0.29) is 5.97 Å². The molecule has 0 saturated carbocycles. The fourth-order valence-corrected chi connectivity index (χ4v) is 2.15. The van der Waals surface area contributed by atoms with E-state index in [1.54, 1.807) is 0 Å². The molecule has 0 aliphatic carbocycles. The number of rotatable bonds is 3. The maximum atomic E-state index is 11.6. The van der Waals surface area contributed by atoms with Crippen LogP contribution in [-0.2, 0) is 11.3 Å². The summed E-state index contributed by atoms with van der Waals surface area (Å²) in [5.41, 5.74) is 3.19. The molecule has 0 bridgehead atoms.